The smallest absolute Gasteiger partial charge is 0.287 e. The Hall–Kier alpha value is -3.50. The van der Waals surface area contributed by atoms with Crippen molar-refractivity contribution in [2.24, 2.45) is 5.92 Å². The average Bonchev–Trinajstić information content (AvgIpc) is 3.30. The van der Waals surface area contributed by atoms with Gasteiger partial charge in [0.15, 0.2) is 11.5 Å². The van der Waals surface area contributed by atoms with Gasteiger partial charge >= 0.3 is 0 Å². The van der Waals surface area contributed by atoms with Gasteiger partial charge < -0.3 is 16.0 Å². The van der Waals surface area contributed by atoms with Crippen molar-refractivity contribution in [1.29, 1.82) is 0 Å². The first-order chi connectivity index (χ1) is 13.5. The summed E-state index contributed by atoms with van der Waals surface area (Å²) >= 11 is 6.10. The molecular formula is C20H17ClN6O. The molecule has 0 fully saturated rings. The first-order valence-corrected chi connectivity index (χ1v) is 9.06. The number of carbonyl (C=O) groups is 1. The van der Waals surface area contributed by atoms with E-state index in [2.05, 4.69) is 32.1 Å². The van der Waals surface area contributed by atoms with Gasteiger partial charge in [-0.1, -0.05) is 23.6 Å². The number of para-hydroxylation sites is 1. The first-order valence-electron chi connectivity index (χ1n) is 8.68. The predicted octanol–water partition coefficient (Wildman–Crippen LogP) is 2.86. The van der Waals surface area contributed by atoms with E-state index in [-0.39, 0.29) is 17.6 Å². The highest BCUT2D eigenvalue weighted by Gasteiger charge is 2.13. The molecule has 1 amide bonds. The molecule has 0 spiro atoms. The van der Waals surface area contributed by atoms with Crippen molar-refractivity contribution in [3.05, 3.63) is 59.3 Å². The molecule has 140 valence electrons. The Morgan fingerprint density at radius 3 is 3.07 bits per heavy atom. The van der Waals surface area contributed by atoms with Crippen LogP contribution in [0.15, 0.2) is 42.7 Å². The minimum Gasteiger partial charge on any atom is -0.396 e. The van der Waals surface area contributed by atoms with Crippen LogP contribution in [0.2, 0.25) is 5.02 Å². The summed E-state index contributed by atoms with van der Waals surface area (Å²) in [5.41, 5.74) is 9.22. The molecule has 0 aliphatic rings. The number of carbonyl (C=O) groups excluding carboxylic acids is 1. The van der Waals surface area contributed by atoms with E-state index in [0.717, 1.165) is 11.2 Å². The molecule has 8 heteroatoms. The third-order valence-corrected chi connectivity index (χ3v) is 4.56. The van der Waals surface area contributed by atoms with Crippen LogP contribution in [0.1, 0.15) is 23.2 Å². The zero-order chi connectivity index (χ0) is 19.7. The van der Waals surface area contributed by atoms with Crippen LogP contribution in [0, 0.1) is 17.8 Å². The lowest BCUT2D eigenvalue weighted by molar-refractivity contribution is 0.0941. The number of anilines is 1. The second-order valence-corrected chi connectivity index (χ2v) is 6.81. The van der Waals surface area contributed by atoms with Gasteiger partial charge in [-0.15, -0.1) is 0 Å². The quantitative estimate of drug-likeness (QED) is 0.466. The number of rotatable bonds is 3. The third kappa shape index (κ3) is 3.38. The number of imidazole rings is 2. The van der Waals surface area contributed by atoms with Crippen LogP contribution < -0.4 is 11.1 Å². The second-order valence-electron chi connectivity index (χ2n) is 6.40. The van der Waals surface area contributed by atoms with E-state index in [0.29, 0.717) is 28.4 Å². The van der Waals surface area contributed by atoms with E-state index in [4.69, 9.17) is 17.3 Å². The van der Waals surface area contributed by atoms with Crippen molar-refractivity contribution in [3.8, 4) is 11.8 Å². The molecule has 3 aromatic heterocycles. The highest BCUT2D eigenvalue weighted by Crippen LogP contribution is 2.20. The van der Waals surface area contributed by atoms with E-state index in [1.54, 1.807) is 24.4 Å². The third-order valence-electron chi connectivity index (χ3n) is 4.26. The summed E-state index contributed by atoms with van der Waals surface area (Å²) in [5, 5.41) is 3.34. The Morgan fingerprint density at radius 1 is 1.39 bits per heavy atom. The molecule has 0 aliphatic heterocycles. The van der Waals surface area contributed by atoms with Crippen molar-refractivity contribution in [2.75, 3.05) is 12.3 Å². The fourth-order valence-corrected chi connectivity index (χ4v) is 3.02. The molecule has 0 radical (unpaired) electrons. The normalized spacial score (nSPS) is 11.9. The maximum Gasteiger partial charge on any atom is 0.287 e. The minimum atomic E-state index is -0.302. The number of nitrogens with zero attached hydrogens (tertiary/aromatic N) is 3. The first kappa shape index (κ1) is 17.9. The summed E-state index contributed by atoms with van der Waals surface area (Å²) in [7, 11) is 0. The van der Waals surface area contributed by atoms with E-state index < -0.39 is 0 Å². The van der Waals surface area contributed by atoms with Crippen molar-refractivity contribution >= 4 is 39.9 Å². The van der Waals surface area contributed by atoms with Crippen LogP contribution in [0.5, 0.6) is 0 Å². The van der Waals surface area contributed by atoms with Crippen LogP contribution >= 0.6 is 11.6 Å². The molecule has 4 aromatic rings. The Morgan fingerprint density at radius 2 is 2.25 bits per heavy atom. The largest absolute Gasteiger partial charge is 0.396 e. The van der Waals surface area contributed by atoms with Gasteiger partial charge in [-0.3, -0.25) is 9.20 Å². The molecule has 0 aliphatic carbocycles. The molecule has 1 unspecified atom stereocenters. The Kier molecular flexibility index (Phi) is 4.63. The number of aromatic nitrogens is 4. The second kappa shape index (κ2) is 7.25. The molecule has 0 saturated heterocycles. The van der Waals surface area contributed by atoms with Gasteiger partial charge in [0.1, 0.15) is 11.2 Å². The van der Waals surface area contributed by atoms with Crippen LogP contribution in [-0.4, -0.2) is 31.8 Å². The summed E-state index contributed by atoms with van der Waals surface area (Å²) in [6.07, 6.45) is 3.55. The number of nitrogens with two attached hydrogens (primary N) is 1. The highest BCUT2D eigenvalue weighted by atomic mass is 35.5. The summed E-state index contributed by atoms with van der Waals surface area (Å²) in [4.78, 5) is 23.9. The molecule has 4 N–H and O–H groups in total. The highest BCUT2D eigenvalue weighted by molar-refractivity contribution is 6.35. The summed E-state index contributed by atoms with van der Waals surface area (Å²) in [6, 6.07) is 9.00. The summed E-state index contributed by atoms with van der Waals surface area (Å²) in [5.74, 6) is 6.07. The zero-order valence-electron chi connectivity index (χ0n) is 15.0. The Labute approximate surface area is 165 Å². The number of nitrogen functional groups attached to an aromatic ring is 1. The summed E-state index contributed by atoms with van der Waals surface area (Å²) < 4.78 is 1.84. The van der Waals surface area contributed by atoms with E-state index in [9.17, 15) is 4.79 Å². The van der Waals surface area contributed by atoms with Crippen molar-refractivity contribution in [2.45, 2.75) is 6.92 Å². The average molecular weight is 393 g/mol. The van der Waals surface area contributed by atoms with Gasteiger partial charge in [-0.2, -0.15) is 0 Å². The maximum absolute atomic E-state index is 12.4. The number of halogens is 1. The number of fused-ring (bicyclic) bond motifs is 2. The van der Waals surface area contributed by atoms with E-state index in [1.807, 2.05) is 29.7 Å². The van der Waals surface area contributed by atoms with Gasteiger partial charge in [0.2, 0.25) is 0 Å². The van der Waals surface area contributed by atoms with E-state index >= 15 is 0 Å². The van der Waals surface area contributed by atoms with Crippen LogP contribution in [0.3, 0.4) is 0 Å². The van der Waals surface area contributed by atoms with Crippen LogP contribution in [0.4, 0.5) is 5.69 Å². The Balaban J connectivity index is 1.43. The van der Waals surface area contributed by atoms with Gasteiger partial charge in [-0.05, 0) is 37.1 Å². The van der Waals surface area contributed by atoms with Gasteiger partial charge in [0.25, 0.3) is 5.91 Å². The van der Waals surface area contributed by atoms with E-state index in [1.165, 1.54) is 0 Å². The van der Waals surface area contributed by atoms with Crippen molar-refractivity contribution < 1.29 is 4.79 Å². The maximum atomic E-state index is 12.4. The van der Waals surface area contributed by atoms with Crippen LogP contribution in [-0.2, 0) is 0 Å². The van der Waals surface area contributed by atoms with Gasteiger partial charge in [0, 0.05) is 18.7 Å². The van der Waals surface area contributed by atoms with Gasteiger partial charge in [0.05, 0.1) is 22.4 Å². The number of pyridine rings is 1. The lowest BCUT2D eigenvalue weighted by atomic mass is 10.2. The predicted molar refractivity (Wildman–Crippen MR) is 109 cm³/mol. The molecule has 0 bridgehead atoms. The molecule has 0 saturated carbocycles. The van der Waals surface area contributed by atoms with Gasteiger partial charge in [-0.25, -0.2) is 9.97 Å². The summed E-state index contributed by atoms with van der Waals surface area (Å²) in [6.45, 7) is 2.32. The zero-order valence-corrected chi connectivity index (χ0v) is 15.8. The number of hydrogen-bond acceptors (Lipinski definition) is 4. The fourth-order valence-electron chi connectivity index (χ4n) is 2.81. The lowest BCUT2D eigenvalue weighted by Crippen LogP contribution is -2.28. The van der Waals surface area contributed by atoms with Crippen LogP contribution in [0.25, 0.3) is 16.7 Å². The Bertz CT molecular complexity index is 1250. The lowest BCUT2D eigenvalue weighted by Gasteiger charge is -2.05. The SMILES string of the molecule is CC(C#Cc1cnc2c(N)cccn12)CNC(=O)c1nc2c(Cl)cccc2[nH]1. The molecule has 3 heterocycles. The molecule has 1 aromatic carbocycles. The monoisotopic (exact) mass is 392 g/mol. The number of hydrogen-bond donors (Lipinski definition) is 3. The number of benzene rings is 1. The number of H-pyrrole nitrogens is 1. The molecule has 7 nitrogen and oxygen atoms in total. The minimum absolute atomic E-state index is 0.0662. The fraction of sp³-hybridized carbons (Fsp3) is 0.150. The number of nitrogens with one attached hydrogen (secondary N) is 2. The number of amides is 1. The number of aromatic amines is 1. The molecule has 1 atom stereocenters. The molecule has 4 rings (SSSR count). The topological polar surface area (TPSA) is 101 Å². The van der Waals surface area contributed by atoms with Crippen molar-refractivity contribution in [3.63, 3.8) is 0 Å². The van der Waals surface area contributed by atoms with Crippen molar-refractivity contribution in [1.82, 2.24) is 24.7 Å². The standard InChI is InChI=1S/C20H17ClN6O/c1-12(7-8-13-11-23-19-15(22)5-3-9-27(13)19)10-24-20(28)18-25-16-6-2-4-14(21)17(16)26-18/h2-6,9,11-12H,10,22H2,1H3,(H,24,28)(H,25,26). The molecule has 28 heavy (non-hydrogen) atoms. The molecular weight excluding hydrogens is 376 g/mol.